The molecule has 1 aliphatic rings. The summed E-state index contributed by atoms with van der Waals surface area (Å²) in [6.45, 7) is 3.57. The SMILES string of the molecule is O[C@@H](COCc1ccccc1)CN1CC[C@@H](Nc2ccccc2)C1. The molecule has 0 spiro atoms. The Morgan fingerprint density at radius 3 is 2.54 bits per heavy atom. The summed E-state index contributed by atoms with van der Waals surface area (Å²) in [4.78, 5) is 2.30. The lowest BCUT2D eigenvalue weighted by molar-refractivity contribution is 0.0133. The van der Waals surface area contributed by atoms with Crippen LogP contribution in [0.5, 0.6) is 0 Å². The lowest BCUT2D eigenvalue weighted by Gasteiger charge is -2.20. The molecule has 1 heterocycles. The number of hydrogen-bond donors (Lipinski definition) is 2. The predicted molar refractivity (Wildman–Crippen MR) is 97.0 cm³/mol. The molecule has 2 aromatic rings. The maximum atomic E-state index is 10.2. The van der Waals surface area contributed by atoms with Gasteiger partial charge in [-0.3, -0.25) is 4.90 Å². The summed E-state index contributed by atoms with van der Waals surface area (Å²) < 4.78 is 5.62. The Labute approximate surface area is 144 Å². The second-order valence-corrected chi connectivity index (χ2v) is 6.41. The maximum absolute atomic E-state index is 10.2. The number of para-hydroxylation sites is 1. The Morgan fingerprint density at radius 2 is 1.79 bits per heavy atom. The van der Waals surface area contributed by atoms with Gasteiger partial charge in [0, 0.05) is 31.4 Å². The second kappa shape index (κ2) is 8.83. The molecule has 1 aliphatic heterocycles. The van der Waals surface area contributed by atoms with Crippen molar-refractivity contribution >= 4 is 5.69 Å². The average molecular weight is 326 g/mol. The minimum Gasteiger partial charge on any atom is -0.389 e. The molecule has 128 valence electrons. The molecule has 2 atom stereocenters. The molecule has 2 aromatic carbocycles. The van der Waals surface area contributed by atoms with E-state index in [1.54, 1.807) is 0 Å². The van der Waals surface area contributed by atoms with E-state index in [1.165, 1.54) is 0 Å². The average Bonchev–Trinajstić information content (AvgIpc) is 3.03. The van der Waals surface area contributed by atoms with E-state index < -0.39 is 6.10 Å². The van der Waals surface area contributed by atoms with Crippen LogP contribution < -0.4 is 5.32 Å². The first-order chi connectivity index (χ1) is 11.8. The van der Waals surface area contributed by atoms with Gasteiger partial charge in [0.05, 0.1) is 19.3 Å². The third-order valence-electron chi connectivity index (χ3n) is 4.31. The van der Waals surface area contributed by atoms with Crippen molar-refractivity contribution in [3.8, 4) is 0 Å². The Balaban J connectivity index is 1.34. The predicted octanol–water partition coefficient (Wildman–Crippen LogP) is 2.75. The van der Waals surface area contributed by atoms with E-state index in [2.05, 4.69) is 22.3 Å². The number of benzene rings is 2. The van der Waals surface area contributed by atoms with Gasteiger partial charge in [0.15, 0.2) is 0 Å². The topological polar surface area (TPSA) is 44.7 Å². The Morgan fingerprint density at radius 1 is 1.08 bits per heavy atom. The summed E-state index contributed by atoms with van der Waals surface area (Å²) in [6.07, 6.45) is 0.663. The highest BCUT2D eigenvalue weighted by molar-refractivity contribution is 5.43. The van der Waals surface area contributed by atoms with Crippen LogP contribution in [0.1, 0.15) is 12.0 Å². The molecule has 0 unspecified atom stereocenters. The van der Waals surface area contributed by atoms with Crippen molar-refractivity contribution in [1.29, 1.82) is 0 Å². The molecule has 0 amide bonds. The summed E-state index contributed by atoms with van der Waals surface area (Å²) in [5, 5.41) is 13.7. The normalized spacial score (nSPS) is 19.3. The monoisotopic (exact) mass is 326 g/mol. The molecular weight excluding hydrogens is 300 g/mol. The minimum atomic E-state index is -0.441. The zero-order chi connectivity index (χ0) is 16.6. The van der Waals surface area contributed by atoms with Crippen LogP contribution in [-0.4, -0.2) is 48.4 Å². The minimum absolute atomic E-state index is 0.377. The quantitative estimate of drug-likeness (QED) is 0.783. The number of aliphatic hydroxyl groups excluding tert-OH is 1. The Hall–Kier alpha value is -1.88. The Bertz CT molecular complexity index is 591. The van der Waals surface area contributed by atoms with Crippen LogP contribution in [0.3, 0.4) is 0 Å². The number of aliphatic hydroxyl groups is 1. The van der Waals surface area contributed by atoms with E-state index in [9.17, 15) is 5.11 Å². The lowest BCUT2D eigenvalue weighted by atomic mass is 10.2. The van der Waals surface area contributed by atoms with E-state index >= 15 is 0 Å². The third-order valence-corrected chi connectivity index (χ3v) is 4.31. The molecule has 1 fully saturated rings. The summed E-state index contributed by atoms with van der Waals surface area (Å²) in [7, 11) is 0. The Kier molecular flexibility index (Phi) is 6.24. The van der Waals surface area contributed by atoms with Gasteiger partial charge in [0.25, 0.3) is 0 Å². The van der Waals surface area contributed by atoms with Gasteiger partial charge in [-0.2, -0.15) is 0 Å². The first kappa shape index (κ1) is 17.0. The number of β-amino-alcohol motifs (C(OH)–C–C–N with tert-alkyl or cyclic N) is 1. The molecule has 1 saturated heterocycles. The molecular formula is C20H26N2O2. The molecule has 0 aromatic heterocycles. The number of nitrogens with zero attached hydrogens (tertiary/aromatic N) is 1. The van der Waals surface area contributed by atoms with Crippen LogP contribution >= 0.6 is 0 Å². The van der Waals surface area contributed by atoms with Gasteiger partial charge >= 0.3 is 0 Å². The van der Waals surface area contributed by atoms with Crippen molar-refractivity contribution in [2.24, 2.45) is 0 Å². The summed E-state index contributed by atoms with van der Waals surface area (Å²) in [6, 6.07) is 20.8. The maximum Gasteiger partial charge on any atom is 0.0900 e. The van der Waals surface area contributed by atoms with Gasteiger partial charge < -0.3 is 15.2 Å². The summed E-state index contributed by atoms with van der Waals surface area (Å²) in [5.41, 5.74) is 2.30. The van der Waals surface area contributed by atoms with Gasteiger partial charge in [0.1, 0.15) is 0 Å². The van der Waals surface area contributed by atoms with E-state index in [1.807, 2.05) is 48.5 Å². The van der Waals surface area contributed by atoms with Crippen LogP contribution in [-0.2, 0) is 11.3 Å². The van der Waals surface area contributed by atoms with Gasteiger partial charge in [-0.05, 0) is 24.1 Å². The lowest BCUT2D eigenvalue weighted by Crippen LogP contribution is -2.35. The van der Waals surface area contributed by atoms with Crippen molar-refractivity contribution in [2.75, 3.05) is 31.6 Å². The van der Waals surface area contributed by atoms with Gasteiger partial charge in [-0.25, -0.2) is 0 Å². The first-order valence-corrected chi connectivity index (χ1v) is 8.63. The summed E-state index contributed by atoms with van der Waals surface area (Å²) >= 11 is 0. The third kappa shape index (κ3) is 5.34. The van der Waals surface area contributed by atoms with Crippen molar-refractivity contribution in [2.45, 2.75) is 25.2 Å². The fraction of sp³-hybridized carbons (Fsp3) is 0.400. The number of likely N-dealkylation sites (tertiary alicyclic amines) is 1. The highest BCUT2D eigenvalue weighted by Crippen LogP contribution is 2.16. The molecule has 24 heavy (non-hydrogen) atoms. The number of rotatable bonds is 8. The van der Waals surface area contributed by atoms with Gasteiger partial charge in [-0.1, -0.05) is 48.5 Å². The number of ether oxygens (including phenoxy) is 1. The molecule has 0 aliphatic carbocycles. The van der Waals surface area contributed by atoms with E-state index in [0.717, 1.165) is 30.8 Å². The smallest absolute Gasteiger partial charge is 0.0900 e. The molecule has 4 nitrogen and oxygen atoms in total. The first-order valence-electron chi connectivity index (χ1n) is 8.63. The summed E-state index contributed by atoms with van der Waals surface area (Å²) in [5.74, 6) is 0. The molecule has 0 saturated carbocycles. The highest BCUT2D eigenvalue weighted by atomic mass is 16.5. The number of hydrogen-bond acceptors (Lipinski definition) is 4. The highest BCUT2D eigenvalue weighted by Gasteiger charge is 2.23. The number of nitrogens with one attached hydrogen (secondary N) is 1. The van der Waals surface area contributed by atoms with Crippen molar-refractivity contribution in [3.05, 3.63) is 66.2 Å². The fourth-order valence-electron chi connectivity index (χ4n) is 3.12. The van der Waals surface area contributed by atoms with Crippen LogP contribution in [0.2, 0.25) is 0 Å². The zero-order valence-corrected chi connectivity index (χ0v) is 14.0. The molecule has 0 bridgehead atoms. The van der Waals surface area contributed by atoms with Crippen LogP contribution in [0.4, 0.5) is 5.69 Å². The molecule has 0 radical (unpaired) electrons. The zero-order valence-electron chi connectivity index (χ0n) is 14.0. The largest absolute Gasteiger partial charge is 0.389 e. The standard InChI is InChI=1S/C20H26N2O2/c23-20(16-24-15-17-7-3-1-4-8-17)14-22-12-11-19(13-22)21-18-9-5-2-6-10-18/h1-10,19-21,23H,11-16H2/t19-,20-/m1/s1. The van der Waals surface area contributed by atoms with E-state index in [-0.39, 0.29) is 0 Å². The fourth-order valence-corrected chi connectivity index (χ4v) is 3.12. The van der Waals surface area contributed by atoms with Gasteiger partial charge in [-0.15, -0.1) is 0 Å². The molecule has 3 rings (SSSR count). The molecule has 4 heteroatoms. The van der Waals surface area contributed by atoms with Crippen LogP contribution in [0, 0.1) is 0 Å². The van der Waals surface area contributed by atoms with E-state index in [0.29, 0.717) is 25.8 Å². The van der Waals surface area contributed by atoms with Crippen LogP contribution in [0.25, 0.3) is 0 Å². The second-order valence-electron chi connectivity index (χ2n) is 6.41. The van der Waals surface area contributed by atoms with Crippen molar-refractivity contribution < 1.29 is 9.84 Å². The van der Waals surface area contributed by atoms with Gasteiger partial charge in [0.2, 0.25) is 0 Å². The van der Waals surface area contributed by atoms with E-state index in [4.69, 9.17) is 4.74 Å². The molecule has 2 N–H and O–H groups in total. The van der Waals surface area contributed by atoms with Crippen molar-refractivity contribution in [1.82, 2.24) is 4.90 Å². The van der Waals surface area contributed by atoms with Crippen molar-refractivity contribution in [3.63, 3.8) is 0 Å². The number of anilines is 1. The van der Waals surface area contributed by atoms with Crippen LogP contribution in [0.15, 0.2) is 60.7 Å².